The molecule has 1 N–H and O–H groups in total. The van der Waals surface area contributed by atoms with Gasteiger partial charge < -0.3 is 14.2 Å². The standard InChI is InChI=1S/C16H12Br2N2O4/c17-11-2-4-13(12(18)6-11)22-8-16(21)20-19-7-10-1-3-14-15(5-10)24-9-23-14/h1-7H,8-9H2,(H,20,21)/b19-7+. The molecule has 0 aromatic heterocycles. The minimum absolute atomic E-state index is 0.140. The molecule has 0 aliphatic carbocycles. The molecule has 0 fully saturated rings. The first kappa shape index (κ1) is 16.8. The number of ether oxygens (including phenoxy) is 3. The number of rotatable bonds is 5. The van der Waals surface area contributed by atoms with Gasteiger partial charge in [0, 0.05) is 4.47 Å². The second kappa shape index (κ2) is 7.67. The van der Waals surface area contributed by atoms with Gasteiger partial charge in [-0.25, -0.2) is 5.43 Å². The lowest BCUT2D eigenvalue weighted by molar-refractivity contribution is -0.123. The van der Waals surface area contributed by atoms with Gasteiger partial charge in [-0.15, -0.1) is 0 Å². The third-order valence-electron chi connectivity index (χ3n) is 3.05. The number of hydrogen-bond acceptors (Lipinski definition) is 5. The van der Waals surface area contributed by atoms with Gasteiger partial charge in [-0.3, -0.25) is 4.79 Å². The van der Waals surface area contributed by atoms with Crippen molar-refractivity contribution in [1.82, 2.24) is 5.43 Å². The minimum Gasteiger partial charge on any atom is -0.483 e. The zero-order valence-electron chi connectivity index (χ0n) is 12.3. The SMILES string of the molecule is O=C(COc1ccc(Br)cc1Br)N/N=C/c1ccc2c(c1)OCO2. The minimum atomic E-state index is -0.359. The number of amides is 1. The van der Waals surface area contributed by atoms with Crippen molar-refractivity contribution in [1.29, 1.82) is 0 Å². The number of nitrogens with one attached hydrogen (secondary N) is 1. The summed E-state index contributed by atoms with van der Waals surface area (Å²) in [6, 6.07) is 10.8. The van der Waals surface area contributed by atoms with Crippen molar-refractivity contribution in [3.05, 3.63) is 50.9 Å². The number of carbonyl (C=O) groups is 1. The Labute approximate surface area is 155 Å². The summed E-state index contributed by atoms with van der Waals surface area (Å²) in [5, 5.41) is 3.90. The fourth-order valence-electron chi connectivity index (χ4n) is 1.94. The molecule has 2 aromatic rings. The van der Waals surface area contributed by atoms with E-state index >= 15 is 0 Å². The number of carbonyl (C=O) groups excluding carboxylic acids is 1. The van der Waals surface area contributed by atoms with Crippen LogP contribution in [0.1, 0.15) is 5.56 Å². The van der Waals surface area contributed by atoms with Crippen LogP contribution in [-0.4, -0.2) is 25.5 Å². The second-order valence-corrected chi connectivity index (χ2v) is 6.54. The van der Waals surface area contributed by atoms with Gasteiger partial charge in [0.2, 0.25) is 6.79 Å². The molecule has 1 amide bonds. The van der Waals surface area contributed by atoms with Crippen molar-refractivity contribution < 1.29 is 19.0 Å². The predicted molar refractivity (Wildman–Crippen MR) is 95.6 cm³/mol. The van der Waals surface area contributed by atoms with E-state index < -0.39 is 0 Å². The maximum Gasteiger partial charge on any atom is 0.277 e. The van der Waals surface area contributed by atoms with Gasteiger partial charge in [-0.05, 0) is 57.9 Å². The zero-order valence-corrected chi connectivity index (χ0v) is 15.5. The highest BCUT2D eigenvalue weighted by Gasteiger charge is 2.12. The highest BCUT2D eigenvalue weighted by atomic mass is 79.9. The highest BCUT2D eigenvalue weighted by molar-refractivity contribution is 9.11. The fraction of sp³-hybridized carbons (Fsp3) is 0.125. The largest absolute Gasteiger partial charge is 0.483 e. The van der Waals surface area contributed by atoms with Crippen molar-refractivity contribution in [2.75, 3.05) is 13.4 Å². The Bertz CT molecular complexity index is 796. The van der Waals surface area contributed by atoms with E-state index in [0.717, 1.165) is 14.5 Å². The monoisotopic (exact) mass is 454 g/mol. The molecular weight excluding hydrogens is 444 g/mol. The van der Waals surface area contributed by atoms with E-state index in [-0.39, 0.29) is 19.3 Å². The van der Waals surface area contributed by atoms with Crippen LogP contribution in [0.4, 0.5) is 0 Å². The van der Waals surface area contributed by atoms with E-state index in [1.165, 1.54) is 6.21 Å². The van der Waals surface area contributed by atoms with Crippen LogP contribution in [0.2, 0.25) is 0 Å². The predicted octanol–water partition coefficient (Wildman–Crippen LogP) is 3.47. The molecule has 0 radical (unpaired) electrons. The first-order valence-electron chi connectivity index (χ1n) is 6.91. The van der Waals surface area contributed by atoms with Gasteiger partial charge in [0.05, 0.1) is 10.7 Å². The molecule has 1 aliphatic heterocycles. The van der Waals surface area contributed by atoms with E-state index in [1.807, 2.05) is 18.2 Å². The summed E-state index contributed by atoms with van der Waals surface area (Å²) >= 11 is 6.72. The summed E-state index contributed by atoms with van der Waals surface area (Å²) in [4.78, 5) is 11.8. The first-order valence-corrected chi connectivity index (χ1v) is 8.50. The Morgan fingerprint density at radius 2 is 2.04 bits per heavy atom. The van der Waals surface area contributed by atoms with Crippen LogP contribution >= 0.6 is 31.9 Å². The summed E-state index contributed by atoms with van der Waals surface area (Å²) in [5.74, 6) is 1.58. The van der Waals surface area contributed by atoms with Crippen LogP contribution in [0.5, 0.6) is 17.2 Å². The molecule has 1 heterocycles. The molecule has 124 valence electrons. The number of hydrazone groups is 1. The molecule has 24 heavy (non-hydrogen) atoms. The van der Waals surface area contributed by atoms with E-state index in [1.54, 1.807) is 18.2 Å². The summed E-state index contributed by atoms with van der Waals surface area (Å²) in [5.41, 5.74) is 3.20. The number of nitrogens with zero attached hydrogens (tertiary/aromatic N) is 1. The van der Waals surface area contributed by atoms with Gasteiger partial charge in [-0.2, -0.15) is 5.10 Å². The molecule has 1 aliphatic rings. The molecule has 0 unspecified atom stereocenters. The van der Waals surface area contributed by atoms with E-state index in [4.69, 9.17) is 14.2 Å². The maximum atomic E-state index is 11.8. The number of fused-ring (bicyclic) bond motifs is 1. The molecule has 0 saturated heterocycles. The lowest BCUT2D eigenvalue weighted by atomic mass is 10.2. The van der Waals surface area contributed by atoms with Crippen LogP contribution in [0.3, 0.4) is 0 Å². The first-order chi connectivity index (χ1) is 11.6. The molecule has 2 aromatic carbocycles. The van der Waals surface area contributed by atoms with Gasteiger partial charge in [0.25, 0.3) is 5.91 Å². The number of hydrogen-bond donors (Lipinski definition) is 1. The third-order valence-corrected chi connectivity index (χ3v) is 4.17. The van der Waals surface area contributed by atoms with Crippen LogP contribution in [0.15, 0.2) is 50.4 Å². The molecule has 3 rings (SSSR count). The Balaban J connectivity index is 1.50. The summed E-state index contributed by atoms with van der Waals surface area (Å²) in [7, 11) is 0. The third kappa shape index (κ3) is 4.27. The van der Waals surface area contributed by atoms with E-state index in [9.17, 15) is 4.79 Å². The lowest BCUT2D eigenvalue weighted by Crippen LogP contribution is -2.24. The average molecular weight is 456 g/mol. The maximum absolute atomic E-state index is 11.8. The van der Waals surface area contributed by atoms with E-state index in [0.29, 0.717) is 17.2 Å². The Hall–Kier alpha value is -2.06. The molecule has 0 spiro atoms. The van der Waals surface area contributed by atoms with Gasteiger partial charge >= 0.3 is 0 Å². The van der Waals surface area contributed by atoms with E-state index in [2.05, 4.69) is 42.4 Å². The Kier molecular flexibility index (Phi) is 5.37. The summed E-state index contributed by atoms with van der Waals surface area (Å²) < 4.78 is 17.6. The normalized spacial score (nSPS) is 12.4. The van der Waals surface area contributed by atoms with Gasteiger partial charge in [-0.1, -0.05) is 15.9 Å². The number of benzene rings is 2. The summed E-state index contributed by atoms with van der Waals surface area (Å²) in [6.45, 7) is 0.0777. The quantitative estimate of drug-likeness (QED) is 0.553. The Morgan fingerprint density at radius 3 is 2.88 bits per heavy atom. The molecule has 0 atom stereocenters. The average Bonchev–Trinajstić information content (AvgIpc) is 3.02. The zero-order chi connectivity index (χ0) is 16.9. The lowest BCUT2D eigenvalue weighted by Gasteiger charge is -2.07. The van der Waals surface area contributed by atoms with Crippen LogP contribution in [0, 0.1) is 0 Å². The van der Waals surface area contributed by atoms with Crippen LogP contribution in [0.25, 0.3) is 0 Å². The summed E-state index contributed by atoms with van der Waals surface area (Å²) in [6.07, 6.45) is 1.52. The fourth-order valence-corrected chi connectivity index (χ4v) is 3.10. The second-order valence-electron chi connectivity index (χ2n) is 4.77. The topological polar surface area (TPSA) is 69.2 Å². The molecule has 8 heteroatoms. The van der Waals surface area contributed by atoms with Crippen molar-refractivity contribution >= 4 is 44.0 Å². The Morgan fingerprint density at radius 1 is 1.21 bits per heavy atom. The number of halogens is 2. The van der Waals surface area contributed by atoms with Crippen molar-refractivity contribution in [3.8, 4) is 17.2 Å². The smallest absolute Gasteiger partial charge is 0.277 e. The van der Waals surface area contributed by atoms with Crippen molar-refractivity contribution in [3.63, 3.8) is 0 Å². The highest BCUT2D eigenvalue weighted by Crippen LogP contribution is 2.32. The van der Waals surface area contributed by atoms with Crippen LogP contribution < -0.4 is 19.6 Å². The van der Waals surface area contributed by atoms with Gasteiger partial charge in [0.15, 0.2) is 18.1 Å². The van der Waals surface area contributed by atoms with Gasteiger partial charge in [0.1, 0.15) is 5.75 Å². The van der Waals surface area contributed by atoms with Crippen LogP contribution in [-0.2, 0) is 4.79 Å². The molecule has 0 bridgehead atoms. The molecule has 0 saturated carbocycles. The molecule has 6 nitrogen and oxygen atoms in total. The molecular formula is C16H12Br2N2O4. The van der Waals surface area contributed by atoms with Crippen molar-refractivity contribution in [2.24, 2.45) is 5.10 Å². The van der Waals surface area contributed by atoms with Crippen molar-refractivity contribution in [2.45, 2.75) is 0 Å².